The van der Waals surface area contributed by atoms with E-state index >= 15 is 0 Å². The number of nitrogens with one attached hydrogen (secondary N) is 2. The molecule has 1 aliphatic rings. The summed E-state index contributed by atoms with van der Waals surface area (Å²) in [4.78, 5) is 7.87. The Morgan fingerprint density at radius 3 is 2.87 bits per heavy atom. The van der Waals surface area contributed by atoms with Gasteiger partial charge >= 0.3 is 0 Å². The van der Waals surface area contributed by atoms with Crippen molar-refractivity contribution in [1.82, 2.24) is 15.5 Å². The number of hydrogen-bond donors (Lipinski definition) is 3. The molecule has 1 aromatic heterocycles. The summed E-state index contributed by atoms with van der Waals surface area (Å²) in [5.41, 5.74) is -0.913. The second kappa shape index (κ2) is 9.80. The third-order valence-corrected chi connectivity index (χ3v) is 5.11. The van der Waals surface area contributed by atoms with E-state index < -0.39 is 5.60 Å². The molecule has 1 aromatic rings. The second-order valence-electron chi connectivity index (χ2n) is 6.24. The number of aliphatic imine (C=N–C) groups is 1. The molecule has 0 spiro atoms. The number of halogens is 1. The van der Waals surface area contributed by atoms with Gasteiger partial charge in [-0.1, -0.05) is 6.07 Å². The third kappa shape index (κ3) is 6.56. The van der Waals surface area contributed by atoms with E-state index in [0.717, 1.165) is 30.5 Å². The minimum Gasteiger partial charge on any atom is -0.383 e. The fourth-order valence-electron chi connectivity index (χ4n) is 2.67. The van der Waals surface area contributed by atoms with Crippen molar-refractivity contribution >= 4 is 41.3 Å². The number of thiophene rings is 1. The van der Waals surface area contributed by atoms with Gasteiger partial charge in [0.1, 0.15) is 5.60 Å². The Labute approximate surface area is 160 Å². The molecule has 2 atom stereocenters. The van der Waals surface area contributed by atoms with Gasteiger partial charge in [0, 0.05) is 24.5 Å². The zero-order chi connectivity index (χ0) is 16.0. The van der Waals surface area contributed by atoms with Crippen LogP contribution in [0.25, 0.3) is 0 Å². The first-order chi connectivity index (χ1) is 10.5. The van der Waals surface area contributed by atoms with Crippen LogP contribution in [0, 0.1) is 5.92 Å². The molecule has 1 aliphatic heterocycles. The zero-order valence-electron chi connectivity index (χ0n) is 14.2. The van der Waals surface area contributed by atoms with E-state index in [1.807, 2.05) is 24.4 Å². The molecule has 7 heteroatoms. The molecular weight excluding hydrogens is 423 g/mol. The highest BCUT2D eigenvalue weighted by molar-refractivity contribution is 14.0. The van der Waals surface area contributed by atoms with Crippen LogP contribution in [-0.4, -0.2) is 55.7 Å². The van der Waals surface area contributed by atoms with Crippen LogP contribution >= 0.6 is 35.3 Å². The largest absolute Gasteiger partial charge is 0.383 e. The molecule has 2 heterocycles. The van der Waals surface area contributed by atoms with Crippen molar-refractivity contribution in [3.05, 3.63) is 22.4 Å². The average Bonchev–Trinajstić information content (AvgIpc) is 3.13. The molecule has 132 valence electrons. The van der Waals surface area contributed by atoms with Crippen LogP contribution in [0.3, 0.4) is 0 Å². The lowest BCUT2D eigenvalue weighted by Crippen LogP contribution is -2.41. The fourth-order valence-corrected chi connectivity index (χ4v) is 3.45. The summed E-state index contributed by atoms with van der Waals surface area (Å²) in [6, 6.07) is 3.91. The fraction of sp³-hybridized carbons (Fsp3) is 0.688. The van der Waals surface area contributed by atoms with Crippen LogP contribution in [0.1, 0.15) is 25.1 Å². The molecule has 2 unspecified atom stereocenters. The highest BCUT2D eigenvalue weighted by Crippen LogP contribution is 2.25. The molecular formula is C16H29IN4OS. The molecule has 5 nitrogen and oxygen atoms in total. The van der Waals surface area contributed by atoms with Crippen LogP contribution in [0.5, 0.6) is 0 Å². The number of rotatable bonds is 6. The topological polar surface area (TPSA) is 59.9 Å². The number of nitrogens with zero attached hydrogens (tertiary/aromatic N) is 2. The average molecular weight is 452 g/mol. The molecule has 0 amide bonds. The summed E-state index contributed by atoms with van der Waals surface area (Å²) in [5, 5.41) is 19.2. The van der Waals surface area contributed by atoms with Gasteiger partial charge in [-0.15, -0.1) is 35.3 Å². The van der Waals surface area contributed by atoms with Crippen molar-refractivity contribution < 1.29 is 5.11 Å². The lowest BCUT2D eigenvalue weighted by molar-refractivity contribution is 0.0711. The van der Waals surface area contributed by atoms with Gasteiger partial charge in [-0.2, -0.15) is 0 Å². The summed E-state index contributed by atoms with van der Waals surface area (Å²) in [7, 11) is 2.16. The summed E-state index contributed by atoms with van der Waals surface area (Å²) in [6.07, 6.45) is 1.23. The molecule has 3 N–H and O–H groups in total. The minimum atomic E-state index is -0.913. The van der Waals surface area contributed by atoms with Crippen LogP contribution in [0.2, 0.25) is 0 Å². The monoisotopic (exact) mass is 452 g/mol. The molecule has 1 saturated heterocycles. The first-order valence-corrected chi connectivity index (χ1v) is 8.86. The van der Waals surface area contributed by atoms with Crippen LogP contribution in [0.4, 0.5) is 0 Å². The van der Waals surface area contributed by atoms with Gasteiger partial charge in [-0.25, -0.2) is 4.99 Å². The van der Waals surface area contributed by atoms with E-state index in [1.54, 1.807) is 11.3 Å². The van der Waals surface area contributed by atoms with Crippen molar-refractivity contribution in [2.45, 2.75) is 25.9 Å². The molecule has 0 aliphatic carbocycles. The predicted molar refractivity (Wildman–Crippen MR) is 109 cm³/mol. The van der Waals surface area contributed by atoms with E-state index in [1.165, 1.54) is 13.0 Å². The van der Waals surface area contributed by atoms with Gasteiger partial charge < -0.3 is 20.6 Å². The molecule has 0 bridgehead atoms. The van der Waals surface area contributed by atoms with Crippen molar-refractivity contribution in [3.63, 3.8) is 0 Å². The number of guanidine groups is 1. The van der Waals surface area contributed by atoms with Gasteiger partial charge in [0.05, 0.1) is 6.54 Å². The van der Waals surface area contributed by atoms with Gasteiger partial charge in [0.2, 0.25) is 0 Å². The van der Waals surface area contributed by atoms with Gasteiger partial charge in [0.15, 0.2) is 5.96 Å². The lowest BCUT2D eigenvalue weighted by Gasteiger charge is -2.21. The van der Waals surface area contributed by atoms with Crippen molar-refractivity contribution in [3.8, 4) is 0 Å². The molecule has 0 saturated carbocycles. The van der Waals surface area contributed by atoms with Crippen molar-refractivity contribution in [2.75, 3.05) is 39.8 Å². The summed E-state index contributed by atoms with van der Waals surface area (Å²) < 4.78 is 0. The second-order valence-corrected chi connectivity index (χ2v) is 7.19. The standard InChI is InChI=1S/C16H28N4OS.HI/c1-4-17-15(18-10-13-7-8-20(3)11-13)19-12-16(2,21)14-6-5-9-22-14;/h5-6,9,13,21H,4,7-8,10-12H2,1-3H3,(H2,17,18,19);1H. The Balaban J connectivity index is 0.00000264. The Kier molecular flexibility index (Phi) is 8.81. The van der Waals surface area contributed by atoms with Gasteiger partial charge in [-0.3, -0.25) is 0 Å². The normalized spacial score (nSPS) is 21.6. The van der Waals surface area contributed by atoms with Gasteiger partial charge in [0.25, 0.3) is 0 Å². The Morgan fingerprint density at radius 1 is 1.52 bits per heavy atom. The summed E-state index contributed by atoms with van der Waals surface area (Å²) in [6.45, 7) is 8.28. The van der Waals surface area contributed by atoms with Crippen LogP contribution in [-0.2, 0) is 5.60 Å². The Hall–Kier alpha value is -0.380. The van der Waals surface area contributed by atoms with Crippen LogP contribution < -0.4 is 10.6 Å². The van der Waals surface area contributed by atoms with E-state index in [-0.39, 0.29) is 24.0 Å². The maximum atomic E-state index is 10.5. The van der Waals surface area contributed by atoms with Crippen molar-refractivity contribution in [1.29, 1.82) is 0 Å². The highest BCUT2D eigenvalue weighted by Gasteiger charge is 2.24. The zero-order valence-corrected chi connectivity index (χ0v) is 17.4. The molecule has 0 radical (unpaired) electrons. The summed E-state index contributed by atoms with van der Waals surface area (Å²) >= 11 is 1.56. The Morgan fingerprint density at radius 2 is 2.30 bits per heavy atom. The van der Waals surface area contributed by atoms with Crippen molar-refractivity contribution in [2.24, 2.45) is 10.9 Å². The first kappa shape index (κ1) is 20.7. The molecule has 23 heavy (non-hydrogen) atoms. The van der Waals surface area contributed by atoms with E-state index in [2.05, 4.69) is 34.5 Å². The quantitative estimate of drug-likeness (QED) is 0.352. The predicted octanol–water partition coefficient (Wildman–Crippen LogP) is 2.08. The highest BCUT2D eigenvalue weighted by atomic mass is 127. The molecule has 0 aromatic carbocycles. The van der Waals surface area contributed by atoms with E-state index in [4.69, 9.17) is 0 Å². The third-order valence-electron chi connectivity index (χ3n) is 3.99. The van der Waals surface area contributed by atoms with Gasteiger partial charge in [-0.05, 0) is 51.2 Å². The first-order valence-electron chi connectivity index (χ1n) is 7.98. The van der Waals surface area contributed by atoms with E-state index in [0.29, 0.717) is 12.5 Å². The SMILES string of the molecule is CCNC(=NCC(C)(O)c1cccs1)NCC1CCN(C)C1.I. The maximum absolute atomic E-state index is 10.5. The number of likely N-dealkylation sites (tertiary alicyclic amines) is 1. The lowest BCUT2D eigenvalue weighted by atomic mass is 10.1. The van der Waals surface area contributed by atoms with E-state index in [9.17, 15) is 5.11 Å². The maximum Gasteiger partial charge on any atom is 0.191 e. The molecule has 1 fully saturated rings. The molecule has 2 rings (SSSR count). The summed E-state index contributed by atoms with van der Waals surface area (Å²) in [5.74, 6) is 1.46. The number of aliphatic hydroxyl groups is 1. The Bertz CT molecular complexity index is 478. The van der Waals surface area contributed by atoms with Crippen LogP contribution in [0.15, 0.2) is 22.5 Å². The smallest absolute Gasteiger partial charge is 0.191 e. The number of hydrogen-bond acceptors (Lipinski definition) is 4. The minimum absolute atomic E-state index is 0.